The minimum absolute atomic E-state index is 0.185. The second-order valence-corrected chi connectivity index (χ2v) is 7.42. The topological polar surface area (TPSA) is 63.2 Å². The van der Waals surface area contributed by atoms with Crippen LogP contribution in [0.25, 0.3) is 0 Å². The lowest BCUT2D eigenvalue weighted by Gasteiger charge is -2.13. The SMILES string of the molecule is CC(=O)c1cccc(S(=O)(=O)Nc2ccc(Br)c(C(F)(F)F)c2)c1. The van der Waals surface area contributed by atoms with Crippen LogP contribution in [-0.2, 0) is 16.2 Å². The van der Waals surface area contributed by atoms with E-state index >= 15 is 0 Å². The van der Waals surface area contributed by atoms with E-state index in [1.807, 2.05) is 0 Å². The van der Waals surface area contributed by atoms with Gasteiger partial charge in [0.25, 0.3) is 10.0 Å². The van der Waals surface area contributed by atoms with E-state index in [4.69, 9.17) is 0 Å². The number of halogens is 4. The second kappa shape index (κ2) is 6.56. The summed E-state index contributed by atoms with van der Waals surface area (Å²) < 4.78 is 65.1. The van der Waals surface area contributed by atoms with E-state index in [-0.39, 0.29) is 26.4 Å². The molecule has 2 rings (SSSR count). The van der Waals surface area contributed by atoms with Gasteiger partial charge in [0.2, 0.25) is 0 Å². The van der Waals surface area contributed by atoms with Crippen LogP contribution in [0.5, 0.6) is 0 Å². The predicted octanol–water partition coefficient (Wildman–Crippen LogP) is 4.47. The van der Waals surface area contributed by atoms with Crippen molar-refractivity contribution in [3.8, 4) is 0 Å². The Balaban J connectivity index is 2.40. The summed E-state index contributed by atoms with van der Waals surface area (Å²) in [6.45, 7) is 1.28. The number of nitrogens with one attached hydrogen (secondary N) is 1. The molecule has 24 heavy (non-hydrogen) atoms. The molecule has 0 atom stereocenters. The van der Waals surface area contributed by atoms with Crippen LogP contribution in [0, 0.1) is 0 Å². The zero-order valence-electron chi connectivity index (χ0n) is 12.2. The Labute approximate surface area is 144 Å². The Morgan fingerprint density at radius 2 is 1.79 bits per heavy atom. The molecule has 2 aromatic carbocycles. The molecule has 0 saturated heterocycles. The van der Waals surface area contributed by atoms with Crippen LogP contribution < -0.4 is 4.72 Å². The van der Waals surface area contributed by atoms with E-state index < -0.39 is 21.8 Å². The first-order valence-electron chi connectivity index (χ1n) is 6.51. The zero-order chi connectivity index (χ0) is 18.1. The summed E-state index contributed by atoms with van der Waals surface area (Å²) in [6.07, 6.45) is -4.63. The maximum absolute atomic E-state index is 12.9. The van der Waals surface area contributed by atoms with E-state index in [0.29, 0.717) is 6.07 Å². The van der Waals surface area contributed by atoms with Gasteiger partial charge in [-0.2, -0.15) is 13.2 Å². The summed E-state index contributed by atoms with van der Waals surface area (Å²) in [5, 5.41) is 0. The Bertz CT molecular complexity index is 895. The minimum Gasteiger partial charge on any atom is -0.295 e. The molecule has 4 nitrogen and oxygen atoms in total. The van der Waals surface area contributed by atoms with Gasteiger partial charge < -0.3 is 0 Å². The Morgan fingerprint density at radius 1 is 1.12 bits per heavy atom. The molecule has 0 saturated carbocycles. The van der Waals surface area contributed by atoms with Crippen molar-refractivity contribution >= 4 is 37.4 Å². The van der Waals surface area contributed by atoms with Crippen molar-refractivity contribution in [3.05, 3.63) is 58.1 Å². The normalized spacial score (nSPS) is 12.0. The lowest BCUT2D eigenvalue weighted by atomic mass is 10.2. The van der Waals surface area contributed by atoms with Crippen molar-refractivity contribution in [2.24, 2.45) is 0 Å². The molecular weight excluding hydrogens is 411 g/mol. The number of Topliss-reactive ketones (excluding diaryl/α,β-unsaturated/α-hetero) is 1. The van der Waals surface area contributed by atoms with E-state index in [1.54, 1.807) is 0 Å². The van der Waals surface area contributed by atoms with Gasteiger partial charge in [0.05, 0.1) is 10.5 Å². The molecule has 0 fully saturated rings. The van der Waals surface area contributed by atoms with Gasteiger partial charge in [0, 0.05) is 15.7 Å². The fraction of sp³-hybridized carbons (Fsp3) is 0.133. The molecule has 0 amide bonds. The van der Waals surface area contributed by atoms with Gasteiger partial charge in [0.15, 0.2) is 5.78 Å². The molecule has 0 aliphatic heterocycles. The summed E-state index contributed by atoms with van der Waals surface area (Å²) in [6, 6.07) is 8.23. The number of sulfonamides is 1. The van der Waals surface area contributed by atoms with Gasteiger partial charge in [-0.05, 0) is 37.3 Å². The van der Waals surface area contributed by atoms with Crippen LogP contribution >= 0.6 is 15.9 Å². The predicted molar refractivity (Wildman–Crippen MR) is 86.4 cm³/mol. The van der Waals surface area contributed by atoms with Crippen molar-refractivity contribution in [1.82, 2.24) is 0 Å². The number of hydrogen-bond acceptors (Lipinski definition) is 3. The third-order valence-corrected chi connectivity index (χ3v) is 5.15. The summed E-state index contributed by atoms with van der Waals surface area (Å²) in [5.41, 5.74) is -1.05. The first kappa shape index (κ1) is 18.5. The quantitative estimate of drug-likeness (QED) is 0.740. The number of anilines is 1. The Kier molecular flexibility index (Phi) is 5.05. The second-order valence-electron chi connectivity index (χ2n) is 4.88. The van der Waals surface area contributed by atoms with Crippen LogP contribution in [0.15, 0.2) is 51.8 Å². The molecule has 0 radical (unpaired) electrons. The number of ketones is 1. The first-order valence-corrected chi connectivity index (χ1v) is 8.79. The summed E-state index contributed by atoms with van der Waals surface area (Å²) in [5.74, 6) is -0.324. The van der Waals surface area contributed by atoms with Crippen LogP contribution in [0.4, 0.5) is 18.9 Å². The first-order chi connectivity index (χ1) is 11.0. The number of rotatable bonds is 4. The molecule has 0 spiro atoms. The molecule has 0 aliphatic rings. The number of carbonyl (C=O) groups excluding carboxylic acids is 1. The summed E-state index contributed by atoms with van der Waals surface area (Å²) in [7, 11) is -4.13. The van der Waals surface area contributed by atoms with Crippen LogP contribution in [0.1, 0.15) is 22.8 Å². The molecule has 0 aromatic heterocycles. The van der Waals surface area contributed by atoms with E-state index in [9.17, 15) is 26.4 Å². The van der Waals surface area contributed by atoms with Crippen molar-refractivity contribution in [2.45, 2.75) is 18.0 Å². The molecule has 0 heterocycles. The third-order valence-electron chi connectivity index (χ3n) is 3.07. The highest BCUT2D eigenvalue weighted by Gasteiger charge is 2.33. The third kappa shape index (κ3) is 4.15. The van der Waals surface area contributed by atoms with Crippen LogP contribution in [0.3, 0.4) is 0 Å². The average molecular weight is 422 g/mol. The molecule has 0 unspecified atom stereocenters. The molecule has 128 valence electrons. The molecular formula is C15H11BrF3NO3S. The fourth-order valence-corrected chi connectivity index (χ4v) is 3.47. The highest BCUT2D eigenvalue weighted by atomic mass is 79.9. The van der Waals surface area contributed by atoms with Gasteiger partial charge in [0.1, 0.15) is 0 Å². The van der Waals surface area contributed by atoms with Gasteiger partial charge >= 0.3 is 6.18 Å². The monoisotopic (exact) mass is 421 g/mol. The van der Waals surface area contributed by atoms with Crippen LogP contribution in [-0.4, -0.2) is 14.2 Å². The van der Waals surface area contributed by atoms with E-state index in [0.717, 1.165) is 12.1 Å². The van der Waals surface area contributed by atoms with E-state index in [1.165, 1.54) is 31.2 Å². The number of alkyl halides is 3. The smallest absolute Gasteiger partial charge is 0.295 e. The number of carbonyl (C=O) groups is 1. The number of benzene rings is 2. The lowest BCUT2D eigenvalue weighted by Crippen LogP contribution is -2.15. The molecule has 0 aliphatic carbocycles. The molecule has 0 bridgehead atoms. The van der Waals surface area contributed by atoms with Crippen molar-refractivity contribution in [3.63, 3.8) is 0 Å². The molecule has 1 N–H and O–H groups in total. The van der Waals surface area contributed by atoms with Crippen LogP contribution in [0.2, 0.25) is 0 Å². The van der Waals surface area contributed by atoms with Crippen molar-refractivity contribution < 1.29 is 26.4 Å². The minimum atomic E-state index is -4.63. The van der Waals surface area contributed by atoms with Gasteiger partial charge in [-0.15, -0.1) is 0 Å². The number of hydrogen-bond donors (Lipinski definition) is 1. The zero-order valence-corrected chi connectivity index (χ0v) is 14.6. The van der Waals surface area contributed by atoms with Gasteiger partial charge in [-0.3, -0.25) is 9.52 Å². The van der Waals surface area contributed by atoms with Crippen molar-refractivity contribution in [1.29, 1.82) is 0 Å². The Hall–Kier alpha value is -1.87. The standard InChI is InChI=1S/C15H11BrF3NO3S/c1-9(21)10-3-2-4-12(7-10)24(22,23)20-11-5-6-14(16)13(8-11)15(17,18)19/h2-8,20H,1H3. The maximum Gasteiger partial charge on any atom is 0.417 e. The van der Waals surface area contributed by atoms with E-state index in [2.05, 4.69) is 20.7 Å². The Morgan fingerprint density at radius 3 is 2.38 bits per heavy atom. The molecule has 2 aromatic rings. The highest BCUT2D eigenvalue weighted by Crippen LogP contribution is 2.36. The highest BCUT2D eigenvalue weighted by molar-refractivity contribution is 9.10. The average Bonchev–Trinajstić information content (AvgIpc) is 2.48. The largest absolute Gasteiger partial charge is 0.417 e. The lowest BCUT2D eigenvalue weighted by molar-refractivity contribution is -0.138. The molecule has 9 heteroatoms. The van der Waals surface area contributed by atoms with Gasteiger partial charge in [-0.1, -0.05) is 28.1 Å². The van der Waals surface area contributed by atoms with Crippen molar-refractivity contribution in [2.75, 3.05) is 4.72 Å². The fourth-order valence-electron chi connectivity index (χ4n) is 1.90. The summed E-state index contributed by atoms with van der Waals surface area (Å²) >= 11 is 2.78. The van der Waals surface area contributed by atoms with Gasteiger partial charge in [-0.25, -0.2) is 8.42 Å². The maximum atomic E-state index is 12.9. The summed E-state index contributed by atoms with van der Waals surface area (Å²) in [4.78, 5) is 11.1.